The Bertz CT molecular complexity index is 352. The van der Waals surface area contributed by atoms with E-state index >= 15 is 0 Å². The normalized spacial score (nSPS) is 10.0. The molecule has 1 rings (SSSR count). The third-order valence-electron chi connectivity index (χ3n) is 2.11. The number of carboxylic acids is 1. The summed E-state index contributed by atoms with van der Waals surface area (Å²) in [4.78, 5) is 11.0. The second kappa shape index (κ2) is 5.66. The van der Waals surface area contributed by atoms with Gasteiger partial charge < -0.3 is 10.4 Å². The van der Waals surface area contributed by atoms with Crippen molar-refractivity contribution in [3.8, 4) is 0 Å². The summed E-state index contributed by atoms with van der Waals surface area (Å²) in [7, 11) is 0. The number of nitrogens with one attached hydrogen (secondary N) is 1. The third kappa shape index (κ3) is 3.16. The van der Waals surface area contributed by atoms with Gasteiger partial charge >= 0.3 is 5.97 Å². The van der Waals surface area contributed by atoms with E-state index in [1.807, 2.05) is 19.2 Å². The van der Waals surface area contributed by atoms with Crippen LogP contribution in [-0.2, 0) is 0 Å². The molecule has 0 aliphatic carbocycles. The van der Waals surface area contributed by atoms with Crippen molar-refractivity contribution >= 4 is 23.4 Å². The first-order valence-corrected chi connectivity index (χ1v) is 6.12. The van der Waals surface area contributed by atoms with E-state index in [1.54, 1.807) is 23.9 Å². The van der Waals surface area contributed by atoms with E-state index in [2.05, 4.69) is 5.32 Å². The molecule has 3 nitrogen and oxygen atoms in total. The summed E-state index contributed by atoms with van der Waals surface area (Å²) in [5, 5.41) is 12.2. The first-order chi connectivity index (χ1) is 7.16. The number of aryl methyl sites for hydroxylation is 1. The molecular weight excluding hydrogens is 210 g/mol. The number of thioether (sulfide) groups is 1. The maximum Gasteiger partial charge on any atom is 0.337 e. The Labute approximate surface area is 93.9 Å². The van der Waals surface area contributed by atoms with Crippen molar-refractivity contribution in [2.45, 2.75) is 6.92 Å². The van der Waals surface area contributed by atoms with Crippen molar-refractivity contribution in [3.05, 3.63) is 29.3 Å². The minimum Gasteiger partial charge on any atom is -0.478 e. The Morgan fingerprint density at radius 1 is 1.53 bits per heavy atom. The second-order valence-electron chi connectivity index (χ2n) is 3.22. The number of benzene rings is 1. The van der Waals surface area contributed by atoms with Crippen LogP contribution in [0, 0.1) is 6.92 Å². The van der Waals surface area contributed by atoms with Crippen LogP contribution in [0.2, 0.25) is 0 Å². The van der Waals surface area contributed by atoms with E-state index in [-0.39, 0.29) is 0 Å². The Balaban J connectivity index is 2.87. The molecule has 0 fully saturated rings. The molecule has 0 radical (unpaired) electrons. The molecule has 82 valence electrons. The molecule has 1 aromatic rings. The van der Waals surface area contributed by atoms with Crippen molar-refractivity contribution in [2.24, 2.45) is 0 Å². The highest BCUT2D eigenvalue weighted by Gasteiger charge is 2.10. The number of carbonyl (C=O) groups is 1. The highest BCUT2D eigenvalue weighted by Crippen LogP contribution is 2.20. The quantitative estimate of drug-likeness (QED) is 0.756. The number of hydrogen-bond donors (Lipinski definition) is 2. The average molecular weight is 225 g/mol. The molecule has 0 saturated carbocycles. The fourth-order valence-corrected chi connectivity index (χ4v) is 1.66. The number of anilines is 1. The molecule has 0 heterocycles. The maximum atomic E-state index is 11.0. The number of aromatic carboxylic acids is 1. The molecule has 15 heavy (non-hydrogen) atoms. The Morgan fingerprint density at radius 3 is 2.87 bits per heavy atom. The number of para-hydroxylation sites is 1. The number of rotatable bonds is 5. The van der Waals surface area contributed by atoms with Crippen LogP contribution in [-0.4, -0.2) is 29.6 Å². The largest absolute Gasteiger partial charge is 0.478 e. The van der Waals surface area contributed by atoms with Crippen LogP contribution in [0.15, 0.2) is 18.2 Å². The van der Waals surface area contributed by atoms with E-state index in [0.29, 0.717) is 5.56 Å². The number of hydrogen-bond acceptors (Lipinski definition) is 3. The molecule has 1 aromatic carbocycles. The smallest absolute Gasteiger partial charge is 0.337 e. The van der Waals surface area contributed by atoms with Gasteiger partial charge in [-0.25, -0.2) is 4.79 Å². The van der Waals surface area contributed by atoms with Crippen LogP contribution >= 0.6 is 11.8 Å². The highest BCUT2D eigenvalue weighted by molar-refractivity contribution is 7.98. The molecule has 0 amide bonds. The highest BCUT2D eigenvalue weighted by atomic mass is 32.2. The van der Waals surface area contributed by atoms with Gasteiger partial charge in [-0.15, -0.1) is 0 Å². The van der Waals surface area contributed by atoms with E-state index in [0.717, 1.165) is 23.5 Å². The van der Waals surface area contributed by atoms with Gasteiger partial charge in [0.05, 0.1) is 11.3 Å². The van der Waals surface area contributed by atoms with Crippen LogP contribution in [0.3, 0.4) is 0 Å². The van der Waals surface area contributed by atoms with Crippen molar-refractivity contribution in [3.63, 3.8) is 0 Å². The van der Waals surface area contributed by atoms with E-state index in [9.17, 15) is 4.79 Å². The summed E-state index contributed by atoms with van der Waals surface area (Å²) in [6.07, 6.45) is 2.03. The summed E-state index contributed by atoms with van der Waals surface area (Å²) < 4.78 is 0. The third-order valence-corrected chi connectivity index (χ3v) is 2.72. The van der Waals surface area contributed by atoms with Gasteiger partial charge in [0.2, 0.25) is 0 Å². The number of carboxylic acid groups (broad SMARTS) is 1. The summed E-state index contributed by atoms with van der Waals surface area (Å²) in [6, 6.07) is 5.29. The van der Waals surface area contributed by atoms with Crippen LogP contribution in [0.1, 0.15) is 15.9 Å². The zero-order chi connectivity index (χ0) is 11.3. The molecule has 0 unspecified atom stereocenters. The fourth-order valence-electron chi connectivity index (χ4n) is 1.36. The van der Waals surface area contributed by atoms with Crippen LogP contribution in [0.4, 0.5) is 5.69 Å². The molecule has 0 bridgehead atoms. The lowest BCUT2D eigenvalue weighted by molar-refractivity contribution is 0.0698. The van der Waals surface area contributed by atoms with Gasteiger partial charge in [0.25, 0.3) is 0 Å². The second-order valence-corrected chi connectivity index (χ2v) is 4.21. The summed E-state index contributed by atoms with van der Waals surface area (Å²) in [5.41, 5.74) is 2.05. The first kappa shape index (κ1) is 11.9. The minimum atomic E-state index is -0.884. The minimum absolute atomic E-state index is 0.344. The van der Waals surface area contributed by atoms with Gasteiger partial charge in [0, 0.05) is 12.3 Å². The molecule has 0 aromatic heterocycles. The van der Waals surface area contributed by atoms with Crippen molar-refractivity contribution < 1.29 is 9.90 Å². The lowest BCUT2D eigenvalue weighted by Crippen LogP contribution is -2.10. The summed E-state index contributed by atoms with van der Waals surface area (Å²) in [5.74, 6) is 0.0817. The van der Waals surface area contributed by atoms with Crippen LogP contribution in [0.25, 0.3) is 0 Å². The van der Waals surface area contributed by atoms with E-state index < -0.39 is 5.97 Å². The SMILES string of the molecule is CSCCNc1c(C)cccc1C(=O)O. The van der Waals surface area contributed by atoms with E-state index in [1.165, 1.54) is 0 Å². The lowest BCUT2D eigenvalue weighted by Gasteiger charge is -2.11. The van der Waals surface area contributed by atoms with Crippen molar-refractivity contribution in [1.82, 2.24) is 0 Å². The van der Waals surface area contributed by atoms with Gasteiger partial charge in [-0.05, 0) is 24.8 Å². The molecular formula is C11H15NO2S. The molecule has 0 saturated heterocycles. The fraction of sp³-hybridized carbons (Fsp3) is 0.364. The van der Waals surface area contributed by atoms with Gasteiger partial charge in [-0.1, -0.05) is 12.1 Å². The van der Waals surface area contributed by atoms with Crippen molar-refractivity contribution in [2.75, 3.05) is 23.9 Å². The van der Waals surface area contributed by atoms with Crippen molar-refractivity contribution in [1.29, 1.82) is 0 Å². The molecule has 0 aliphatic rings. The van der Waals surface area contributed by atoms with Gasteiger partial charge in [-0.2, -0.15) is 11.8 Å². The topological polar surface area (TPSA) is 49.3 Å². The molecule has 0 aliphatic heterocycles. The monoisotopic (exact) mass is 225 g/mol. The Hall–Kier alpha value is -1.16. The Kier molecular flexibility index (Phi) is 4.49. The van der Waals surface area contributed by atoms with Gasteiger partial charge in [0.15, 0.2) is 0 Å². The van der Waals surface area contributed by atoms with Gasteiger partial charge in [0.1, 0.15) is 0 Å². The Morgan fingerprint density at radius 2 is 2.27 bits per heavy atom. The maximum absolute atomic E-state index is 11.0. The molecule has 4 heteroatoms. The van der Waals surface area contributed by atoms with Crippen LogP contribution < -0.4 is 5.32 Å². The predicted molar refractivity (Wildman–Crippen MR) is 65.0 cm³/mol. The van der Waals surface area contributed by atoms with Crippen LogP contribution in [0.5, 0.6) is 0 Å². The molecule has 0 spiro atoms. The lowest BCUT2D eigenvalue weighted by atomic mass is 10.1. The predicted octanol–water partition coefficient (Wildman–Crippen LogP) is 2.47. The summed E-state index contributed by atoms with van der Waals surface area (Å²) >= 11 is 1.73. The summed E-state index contributed by atoms with van der Waals surface area (Å²) in [6.45, 7) is 2.69. The first-order valence-electron chi connectivity index (χ1n) is 4.72. The molecule has 2 N–H and O–H groups in total. The van der Waals surface area contributed by atoms with E-state index in [4.69, 9.17) is 5.11 Å². The molecule has 0 atom stereocenters. The zero-order valence-electron chi connectivity index (χ0n) is 8.91. The standard InChI is InChI=1S/C11H15NO2S/c1-8-4-3-5-9(11(13)14)10(8)12-6-7-15-2/h3-5,12H,6-7H2,1-2H3,(H,13,14). The zero-order valence-corrected chi connectivity index (χ0v) is 9.73. The van der Waals surface area contributed by atoms with Gasteiger partial charge in [-0.3, -0.25) is 0 Å². The average Bonchev–Trinajstić information content (AvgIpc) is 2.20.